The minimum atomic E-state index is -0.668. The van der Waals surface area contributed by atoms with Gasteiger partial charge < -0.3 is 10.5 Å². The number of ether oxygens (including phenoxy) is 1. The third-order valence-corrected chi connectivity index (χ3v) is 2.25. The lowest BCUT2D eigenvalue weighted by Crippen LogP contribution is -1.97. The molecule has 0 aliphatic heterocycles. The van der Waals surface area contributed by atoms with E-state index in [-0.39, 0.29) is 17.3 Å². The molecule has 1 aromatic carbocycles. The van der Waals surface area contributed by atoms with Gasteiger partial charge >= 0.3 is 5.69 Å². The Hall–Kier alpha value is -3.14. The zero-order valence-corrected chi connectivity index (χ0v) is 9.61. The SMILES string of the molecule is N#Cc1nc(Oc2ccc(N)cc2)ccc1[N+](=O)[O-]. The van der Waals surface area contributed by atoms with E-state index in [4.69, 9.17) is 15.7 Å². The van der Waals surface area contributed by atoms with Crippen LogP contribution in [0.15, 0.2) is 36.4 Å². The molecular formula is C12H8N4O3. The molecule has 0 atom stereocenters. The molecule has 2 N–H and O–H groups in total. The summed E-state index contributed by atoms with van der Waals surface area (Å²) in [6.07, 6.45) is 0. The van der Waals surface area contributed by atoms with Crippen LogP contribution in [0.5, 0.6) is 11.6 Å². The van der Waals surface area contributed by atoms with E-state index in [0.717, 1.165) is 0 Å². The second-order valence-electron chi connectivity index (χ2n) is 3.56. The van der Waals surface area contributed by atoms with Crippen LogP contribution in [0.2, 0.25) is 0 Å². The third kappa shape index (κ3) is 2.76. The number of benzene rings is 1. The van der Waals surface area contributed by atoms with Crippen molar-refractivity contribution in [2.24, 2.45) is 0 Å². The fraction of sp³-hybridized carbons (Fsp3) is 0. The van der Waals surface area contributed by atoms with E-state index in [2.05, 4.69) is 4.98 Å². The Morgan fingerprint density at radius 3 is 2.53 bits per heavy atom. The first kappa shape index (κ1) is 12.3. The summed E-state index contributed by atoms with van der Waals surface area (Å²) >= 11 is 0. The zero-order valence-electron chi connectivity index (χ0n) is 9.61. The van der Waals surface area contributed by atoms with Crippen molar-refractivity contribution >= 4 is 11.4 Å². The predicted molar refractivity (Wildman–Crippen MR) is 66.5 cm³/mol. The standard InChI is InChI=1S/C12H8N4O3/c13-7-10-11(16(17)18)5-6-12(15-10)19-9-3-1-8(14)2-4-9/h1-6H,14H2. The molecule has 7 heteroatoms. The molecule has 94 valence electrons. The summed E-state index contributed by atoms with van der Waals surface area (Å²) in [4.78, 5) is 13.8. The van der Waals surface area contributed by atoms with Gasteiger partial charge in [-0.15, -0.1) is 0 Å². The van der Waals surface area contributed by atoms with Crippen molar-refractivity contribution in [2.75, 3.05) is 5.73 Å². The Bertz CT molecular complexity index is 662. The van der Waals surface area contributed by atoms with E-state index in [1.807, 2.05) is 0 Å². The molecule has 0 unspecified atom stereocenters. The van der Waals surface area contributed by atoms with Gasteiger partial charge in [-0.2, -0.15) is 10.2 Å². The second-order valence-corrected chi connectivity index (χ2v) is 3.56. The maximum atomic E-state index is 10.6. The maximum Gasteiger partial charge on any atom is 0.305 e. The minimum Gasteiger partial charge on any atom is -0.439 e. The molecule has 0 saturated carbocycles. The fourth-order valence-corrected chi connectivity index (χ4v) is 1.38. The van der Waals surface area contributed by atoms with Crippen molar-refractivity contribution in [1.29, 1.82) is 5.26 Å². The molecular weight excluding hydrogens is 248 g/mol. The monoisotopic (exact) mass is 256 g/mol. The Morgan fingerprint density at radius 2 is 1.95 bits per heavy atom. The summed E-state index contributed by atoms with van der Waals surface area (Å²) in [6, 6.07) is 10.7. The Labute approximate surface area is 108 Å². The molecule has 0 radical (unpaired) electrons. The Morgan fingerprint density at radius 1 is 1.26 bits per heavy atom. The van der Waals surface area contributed by atoms with Gasteiger partial charge in [0, 0.05) is 17.8 Å². The van der Waals surface area contributed by atoms with Gasteiger partial charge in [-0.05, 0) is 24.3 Å². The molecule has 19 heavy (non-hydrogen) atoms. The van der Waals surface area contributed by atoms with Gasteiger partial charge in [-0.1, -0.05) is 0 Å². The number of pyridine rings is 1. The summed E-state index contributed by atoms with van der Waals surface area (Å²) < 4.78 is 5.37. The van der Waals surface area contributed by atoms with E-state index >= 15 is 0 Å². The van der Waals surface area contributed by atoms with Crippen LogP contribution in [-0.4, -0.2) is 9.91 Å². The molecule has 0 aliphatic carbocycles. The lowest BCUT2D eigenvalue weighted by Gasteiger charge is -2.05. The molecule has 0 amide bonds. The lowest BCUT2D eigenvalue weighted by atomic mass is 10.3. The van der Waals surface area contributed by atoms with Gasteiger partial charge in [0.25, 0.3) is 0 Å². The summed E-state index contributed by atoms with van der Waals surface area (Å²) in [5.74, 6) is 0.575. The van der Waals surface area contributed by atoms with Gasteiger partial charge in [0.05, 0.1) is 4.92 Å². The zero-order chi connectivity index (χ0) is 13.8. The van der Waals surface area contributed by atoms with Crippen LogP contribution in [0.4, 0.5) is 11.4 Å². The summed E-state index contributed by atoms with van der Waals surface area (Å²) in [5.41, 5.74) is 5.47. The maximum absolute atomic E-state index is 10.6. The fourth-order valence-electron chi connectivity index (χ4n) is 1.38. The van der Waals surface area contributed by atoms with E-state index in [1.54, 1.807) is 30.3 Å². The molecule has 0 bridgehead atoms. The normalized spacial score (nSPS) is 9.63. The van der Waals surface area contributed by atoms with E-state index in [9.17, 15) is 10.1 Å². The number of nitriles is 1. The molecule has 1 heterocycles. The van der Waals surface area contributed by atoms with Crippen molar-refractivity contribution in [1.82, 2.24) is 4.98 Å². The number of hydrogen-bond acceptors (Lipinski definition) is 6. The van der Waals surface area contributed by atoms with Crippen molar-refractivity contribution in [3.63, 3.8) is 0 Å². The number of aromatic nitrogens is 1. The molecule has 2 aromatic rings. The number of hydrogen-bond donors (Lipinski definition) is 1. The quantitative estimate of drug-likeness (QED) is 0.511. The van der Waals surface area contributed by atoms with Crippen LogP contribution in [0.25, 0.3) is 0 Å². The first-order chi connectivity index (χ1) is 9.10. The van der Waals surface area contributed by atoms with E-state index in [1.165, 1.54) is 12.1 Å². The van der Waals surface area contributed by atoms with Crippen molar-refractivity contribution in [2.45, 2.75) is 0 Å². The molecule has 0 spiro atoms. The van der Waals surface area contributed by atoms with Gasteiger partial charge in [-0.25, -0.2) is 0 Å². The van der Waals surface area contributed by atoms with Crippen LogP contribution < -0.4 is 10.5 Å². The molecule has 1 aromatic heterocycles. The number of nitrogens with zero attached hydrogens (tertiary/aromatic N) is 3. The van der Waals surface area contributed by atoms with Crippen LogP contribution in [0, 0.1) is 21.4 Å². The smallest absolute Gasteiger partial charge is 0.305 e. The molecule has 0 saturated heterocycles. The first-order valence-electron chi connectivity index (χ1n) is 5.19. The third-order valence-electron chi connectivity index (χ3n) is 2.25. The van der Waals surface area contributed by atoms with Crippen LogP contribution in [0.3, 0.4) is 0 Å². The summed E-state index contributed by atoms with van der Waals surface area (Å²) in [6.45, 7) is 0. The predicted octanol–water partition coefficient (Wildman–Crippen LogP) is 2.24. The number of anilines is 1. The molecule has 0 aliphatic rings. The van der Waals surface area contributed by atoms with Crippen LogP contribution in [-0.2, 0) is 0 Å². The van der Waals surface area contributed by atoms with Crippen LogP contribution >= 0.6 is 0 Å². The van der Waals surface area contributed by atoms with Crippen molar-refractivity contribution < 1.29 is 9.66 Å². The van der Waals surface area contributed by atoms with E-state index < -0.39 is 4.92 Å². The highest BCUT2D eigenvalue weighted by Crippen LogP contribution is 2.24. The van der Waals surface area contributed by atoms with Gasteiger partial charge in [0.2, 0.25) is 11.6 Å². The first-order valence-corrected chi connectivity index (χ1v) is 5.19. The average Bonchev–Trinajstić information content (AvgIpc) is 2.41. The summed E-state index contributed by atoms with van der Waals surface area (Å²) in [7, 11) is 0. The van der Waals surface area contributed by atoms with Gasteiger partial charge in [0.1, 0.15) is 11.8 Å². The number of nitro groups is 1. The number of rotatable bonds is 3. The second kappa shape index (κ2) is 5.01. The lowest BCUT2D eigenvalue weighted by molar-refractivity contribution is -0.385. The average molecular weight is 256 g/mol. The van der Waals surface area contributed by atoms with Crippen LogP contribution in [0.1, 0.15) is 5.69 Å². The highest BCUT2D eigenvalue weighted by Gasteiger charge is 2.16. The highest BCUT2D eigenvalue weighted by atomic mass is 16.6. The van der Waals surface area contributed by atoms with Gasteiger partial charge in [-0.3, -0.25) is 10.1 Å². The van der Waals surface area contributed by atoms with Gasteiger partial charge in [0.15, 0.2) is 0 Å². The minimum absolute atomic E-state index is 0.104. The Balaban J connectivity index is 2.29. The number of nitrogens with two attached hydrogens (primary N) is 1. The van der Waals surface area contributed by atoms with Crippen molar-refractivity contribution in [3.05, 3.63) is 52.2 Å². The molecule has 2 rings (SSSR count). The van der Waals surface area contributed by atoms with E-state index in [0.29, 0.717) is 11.4 Å². The number of nitrogen functional groups attached to an aromatic ring is 1. The topological polar surface area (TPSA) is 115 Å². The van der Waals surface area contributed by atoms with Crippen molar-refractivity contribution in [3.8, 4) is 17.7 Å². The molecule has 7 nitrogen and oxygen atoms in total. The Kier molecular flexibility index (Phi) is 3.25. The summed E-state index contributed by atoms with van der Waals surface area (Å²) in [5, 5.41) is 19.5. The largest absolute Gasteiger partial charge is 0.439 e. The highest BCUT2D eigenvalue weighted by molar-refractivity contribution is 5.46. The molecule has 0 fully saturated rings.